The summed E-state index contributed by atoms with van der Waals surface area (Å²) >= 11 is 13.4. The monoisotopic (exact) mass is 290 g/mol. The van der Waals surface area contributed by atoms with E-state index in [9.17, 15) is 4.79 Å². The lowest BCUT2D eigenvalue weighted by molar-refractivity contribution is 0.102. The number of halogens is 2. The van der Waals surface area contributed by atoms with Crippen LogP contribution in [0.3, 0.4) is 0 Å². The SMILES string of the molecule is CC(C)C(C)SCC(=O)c1ccc(Cl)c(Cl)c1. The Kier molecular flexibility index (Phi) is 5.84. The van der Waals surface area contributed by atoms with E-state index in [1.54, 1.807) is 30.0 Å². The molecular weight excluding hydrogens is 275 g/mol. The van der Waals surface area contributed by atoms with Crippen molar-refractivity contribution in [2.24, 2.45) is 5.92 Å². The van der Waals surface area contributed by atoms with Crippen molar-refractivity contribution in [3.63, 3.8) is 0 Å². The van der Waals surface area contributed by atoms with Crippen LogP contribution in [0.5, 0.6) is 0 Å². The lowest BCUT2D eigenvalue weighted by Gasteiger charge is -2.14. The summed E-state index contributed by atoms with van der Waals surface area (Å²) in [5.74, 6) is 1.15. The molecule has 0 spiro atoms. The van der Waals surface area contributed by atoms with E-state index in [2.05, 4.69) is 20.8 Å². The average molecular weight is 291 g/mol. The second-order valence-corrected chi connectivity index (χ2v) is 6.49. The molecule has 0 heterocycles. The maximum Gasteiger partial charge on any atom is 0.172 e. The van der Waals surface area contributed by atoms with Crippen molar-refractivity contribution in [3.05, 3.63) is 33.8 Å². The minimum Gasteiger partial charge on any atom is -0.293 e. The highest BCUT2D eigenvalue weighted by Gasteiger charge is 2.12. The van der Waals surface area contributed by atoms with Crippen LogP contribution in [0.15, 0.2) is 18.2 Å². The molecule has 0 saturated heterocycles. The Morgan fingerprint density at radius 1 is 1.24 bits per heavy atom. The number of benzene rings is 1. The van der Waals surface area contributed by atoms with Crippen LogP contribution in [0.2, 0.25) is 10.0 Å². The van der Waals surface area contributed by atoms with Crippen LogP contribution >= 0.6 is 35.0 Å². The van der Waals surface area contributed by atoms with Gasteiger partial charge in [-0.1, -0.05) is 44.0 Å². The van der Waals surface area contributed by atoms with Crippen molar-refractivity contribution in [2.45, 2.75) is 26.0 Å². The molecule has 1 unspecified atom stereocenters. The average Bonchev–Trinajstić information content (AvgIpc) is 2.28. The molecule has 94 valence electrons. The summed E-state index contributed by atoms with van der Waals surface area (Å²) in [4.78, 5) is 11.9. The van der Waals surface area contributed by atoms with Gasteiger partial charge in [0.05, 0.1) is 15.8 Å². The third-order valence-electron chi connectivity index (χ3n) is 2.66. The molecule has 0 aliphatic carbocycles. The Morgan fingerprint density at radius 3 is 2.41 bits per heavy atom. The summed E-state index contributed by atoms with van der Waals surface area (Å²) in [6.07, 6.45) is 0. The first-order chi connectivity index (χ1) is 7.91. The molecule has 1 aromatic carbocycles. The zero-order chi connectivity index (χ0) is 13.0. The Bertz CT molecular complexity index is 404. The first kappa shape index (κ1) is 14.9. The number of thioether (sulfide) groups is 1. The van der Waals surface area contributed by atoms with Crippen LogP contribution in [0, 0.1) is 5.92 Å². The zero-order valence-corrected chi connectivity index (χ0v) is 12.5. The van der Waals surface area contributed by atoms with Gasteiger partial charge in [0.25, 0.3) is 0 Å². The minimum absolute atomic E-state index is 0.0982. The van der Waals surface area contributed by atoms with E-state index in [1.807, 2.05) is 0 Å². The lowest BCUT2D eigenvalue weighted by Crippen LogP contribution is -2.11. The van der Waals surface area contributed by atoms with E-state index in [0.717, 1.165) is 0 Å². The quantitative estimate of drug-likeness (QED) is 0.714. The standard InChI is InChI=1S/C13H16Cl2OS/c1-8(2)9(3)17-7-13(16)10-4-5-11(14)12(15)6-10/h4-6,8-9H,7H2,1-3H3. The number of hydrogen-bond donors (Lipinski definition) is 0. The second kappa shape index (κ2) is 6.67. The fraction of sp³-hybridized carbons (Fsp3) is 0.462. The number of rotatable bonds is 5. The van der Waals surface area contributed by atoms with Crippen LogP contribution in [0.1, 0.15) is 31.1 Å². The zero-order valence-electron chi connectivity index (χ0n) is 10.2. The lowest BCUT2D eigenvalue weighted by atomic mass is 10.1. The molecule has 0 N–H and O–H groups in total. The van der Waals surface area contributed by atoms with Gasteiger partial charge in [-0.2, -0.15) is 11.8 Å². The van der Waals surface area contributed by atoms with Gasteiger partial charge < -0.3 is 0 Å². The summed E-state index contributed by atoms with van der Waals surface area (Å²) in [5.41, 5.74) is 0.628. The fourth-order valence-electron chi connectivity index (χ4n) is 1.15. The molecule has 17 heavy (non-hydrogen) atoms. The highest BCUT2D eigenvalue weighted by atomic mass is 35.5. The number of carbonyl (C=O) groups is 1. The van der Waals surface area contributed by atoms with Crippen molar-refractivity contribution >= 4 is 40.7 Å². The van der Waals surface area contributed by atoms with Crippen LogP contribution in [-0.2, 0) is 0 Å². The molecule has 4 heteroatoms. The van der Waals surface area contributed by atoms with E-state index in [-0.39, 0.29) is 5.78 Å². The van der Waals surface area contributed by atoms with Crippen molar-refractivity contribution in [3.8, 4) is 0 Å². The van der Waals surface area contributed by atoms with E-state index >= 15 is 0 Å². The summed E-state index contributed by atoms with van der Waals surface area (Å²) < 4.78 is 0. The minimum atomic E-state index is 0.0982. The number of hydrogen-bond acceptors (Lipinski definition) is 2. The summed E-state index contributed by atoms with van der Waals surface area (Å²) in [7, 11) is 0. The highest BCUT2D eigenvalue weighted by Crippen LogP contribution is 2.24. The Balaban J connectivity index is 2.61. The van der Waals surface area contributed by atoms with E-state index < -0.39 is 0 Å². The Hall–Kier alpha value is -0.180. The highest BCUT2D eigenvalue weighted by molar-refractivity contribution is 8.00. The maximum absolute atomic E-state index is 11.9. The molecule has 1 rings (SSSR count). The van der Waals surface area contributed by atoms with Crippen molar-refractivity contribution in [2.75, 3.05) is 5.75 Å². The molecule has 1 aromatic rings. The van der Waals surface area contributed by atoms with Gasteiger partial charge in [-0.25, -0.2) is 0 Å². The summed E-state index contributed by atoms with van der Waals surface area (Å²) in [6, 6.07) is 5.01. The third kappa shape index (κ3) is 4.53. The maximum atomic E-state index is 11.9. The van der Waals surface area contributed by atoms with Crippen molar-refractivity contribution < 1.29 is 4.79 Å². The van der Waals surface area contributed by atoms with Crippen LogP contribution in [0.4, 0.5) is 0 Å². The molecule has 0 aromatic heterocycles. The van der Waals surface area contributed by atoms with E-state index in [0.29, 0.717) is 32.5 Å². The van der Waals surface area contributed by atoms with Gasteiger partial charge in [-0.3, -0.25) is 4.79 Å². The van der Waals surface area contributed by atoms with Gasteiger partial charge in [0.1, 0.15) is 0 Å². The molecule has 1 nitrogen and oxygen atoms in total. The van der Waals surface area contributed by atoms with Gasteiger partial charge >= 0.3 is 0 Å². The first-order valence-corrected chi connectivity index (χ1v) is 7.32. The Morgan fingerprint density at radius 2 is 1.88 bits per heavy atom. The van der Waals surface area contributed by atoms with Crippen molar-refractivity contribution in [1.29, 1.82) is 0 Å². The third-order valence-corrected chi connectivity index (χ3v) is 4.90. The van der Waals surface area contributed by atoms with Gasteiger partial charge in [-0.15, -0.1) is 0 Å². The number of Topliss-reactive ketones (excluding diaryl/α,β-unsaturated/α-hetero) is 1. The van der Waals surface area contributed by atoms with Gasteiger partial charge in [-0.05, 0) is 24.1 Å². The molecule has 0 bridgehead atoms. The summed E-state index contributed by atoms with van der Waals surface area (Å²) in [5, 5.41) is 1.38. The number of ketones is 1. The fourth-order valence-corrected chi connectivity index (χ4v) is 2.42. The predicted molar refractivity (Wildman–Crippen MR) is 77.6 cm³/mol. The van der Waals surface area contributed by atoms with Gasteiger partial charge in [0.15, 0.2) is 5.78 Å². The molecule has 0 aliphatic rings. The van der Waals surface area contributed by atoms with Gasteiger partial charge in [0, 0.05) is 10.8 Å². The second-order valence-electron chi connectivity index (χ2n) is 4.31. The van der Waals surface area contributed by atoms with Crippen LogP contribution < -0.4 is 0 Å². The molecule has 0 radical (unpaired) electrons. The van der Waals surface area contributed by atoms with Crippen LogP contribution in [0.25, 0.3) is 0 Å². The number of carbonyl (C=O) groups excluding carboxylic acids is 1. The first-order valence-electron chi connectivity index (χ1n) is 5.51. The summed E-state index contributed by atoms with van der Waals surface area (Å²) in [6.45, 7) is 6.44. The van der Waals surface area contributed by atoms with Crippen molar-refractivity contribution in [1.82, 2.24) is 0 Å². The molecule has 0 fully saturated rings. The topological polar surface area (TPSA) is 17.1 Å². The van der Waals surface area contributed by atoms with E-state index in [1.165, 1.54) is 0 Å². The smallest absolute Gasteiger partial charge is 0.172 e. The Labute approximate surface area is 117 Å². The molecule has 1 atom stereocenters. The van der Waals surface area contributed by atoms with Gasteiger partial charge in [0.2, 0.25) is 0 Å². The molecule has 0 saturated carbocycles. The molecule has 0 amide bonds. The molecule has 0 aliphatic heterocycles. The largest absolute Gasteiger partial charge is 0.293 e. The normalized spacial score (nSPS) is 12.8. The predicted octanol–water partition coefficient (Wildman–Crippen LogP) is 4.95. The van der Waals surface area contributed by atoms with Crippen LogP contribution in [-0.4, -0.2) is 16.8 Å². The molecular formula is C13H16Cl2OS. The van der Waals surface area contributed by atoms with E-state index in [4.69, 9.17) is 23.2 Å².